The van der Waals surface area contributed by atoms with Crippen LogP contribution in [0.3, 0.4) is 0 Å². The van der Waals surface area contributed by atoms with Gasteiger partial charge in [0.25, 0.3) is 0 Å². The maximum atomic E-state index is 12.5. The minimum atomic E-state index is -4.38. The fourth-order valence-electron chi connectivity index (χ4n) is 2.93. The first-order chi connectivity index (χ1) is 11.2. The second kappa shape index (κ2) is 9.87. The van der Waals surface area contributed by atoms with E-state index in [4.69, 9.17) is 11.5 Å². The molecule has 1 saturated heterocycles. The lowest BCUT2D eigenvalue weighted by atomic mass is 9.98. The molecular formula is C16H24Cl2F3N5. The summed E-state index contributed by atoms with van der Waals surface area (Å²) < 4.78 is 37.6. The van der Waals surface area contributed by atoms with Gasteiger partial charge in [0, 0.05) is 12.1 Å². The number of benzene rings is 1. The number of halogens is 5. The van der Waals surface area contributed by atoms with E-state index in [1.807, 2.05) is 4.90 Å². The fraction of sp³-hybridized carbons (Fsp3) is 0.500. The summed E-state index contributed by atoms with van der Waals surface area (Å²) in [5.41, 5.74) is 11.3. The van der Waals surface area contributed by atoms with E-state index >= 15 is 0 Å². The highest BCUT2D eigenvalue weighted by Crippen LogP contribution is 2.30. The summed E-state index contributed by atoms with van der Waals surface area (Å²) in [5, 5.41) is 0. The Balaban J connectivity index is 0.00000312. The van der Waals surface area contributed by atoms with Crippen molar-refractivity contribution >= 4 is 42.4 Å². The summed E-state index contributed by atoms with van der Waals surface area (Å²) in [5.74, 6) is 0.195. The third-order valence-electron chi connectivity index (χ3n) is 4.13. The van der Waals surface area contributed by atoms with Crippen molar-refractivity contribution in [3.8, 4) is 0 Å². The van der Waals surface area contributed by atoms with Gasteiger partial charge < -0.3 is 16.4 Å². The van der Waals surface area contributed by atoms with E-state index < -0.39 is 11.7 Å². The van der Waals surface area contributed by atoms with Crippen molar-refractivity contribution < 1.29 is 13.2 Å². The van der Waals surface area contributed by atoms with Gasteiger partial charge in [-0.25, -0.2) is 4.99 Å². The lowest BCUT2D eigenvalue weighted by Gasteiger charge is -2.39. The van der Waals surface area contributed by atoms with Crippen molar-refractivity contribution in [3.05, 3.63) is 29.8 Å². The van der Waals surface area contributed by atoms with Crippen LogP contribution < -0.4 is 11.5 Å². The number of nitrogens with two attached hydrogens (primary N) is 2. The lowest BCUT2D eigenvalue weighted by molar-refractivity contribution is -0.137. The maximum Gasteiger partial charge on any atom is 0.416 e. The van der Waals surface area contributed by atoms with Crippen molar-refractivity contribution in [1.29, 1.82) is 0 Å². The third kappa shape index (κ3) is 6.25. The van der Waals surface area contributed by atoms with Crippen molar-refractivity contribution in [3.63, 3.8) is 0 Å². The summed E-state index contributed by atoms with van der Waals surface area (Å²) in [6.45, 7) is 4.14. The number of guanidine groups is 2. The Morgan fingerprint density at radius 3 is 2.00 bits per heavy atom. The van der Waals surface area contributed by atoms with Gasteiger partial charge in [0.05, 0.1) is 11.3 Å². The first kappa shape index (κ1) is 24.3. The Morgan fingerprint density at radius 2 is 1.54 bits per heavy atom. The molecule has 10 heteroatoms. The predicted octanol–water partition coefficient (Wildman–Crippen LogP) is 4.07. The van der Waals surface area contributed by atoms with Crippen LogP contribution in [0.1, 0.15) is 38.7 Å². The largest absolute Gasteiger partial charge is 0.416 e. The van der Waals surface area contributed by atoms with Crippen molar-refractivity contribution in [2.75, 3.05) is 0 Å². The number of nitrogens with zero attached hydrogens (tertiary/aromatic N) is 3. The predicted molar refractivity (Wildman–Crippen MR) is 103 cm³/mol. The van der Waals surface area contributed by atoms with Crippen LogP contribution in [0.2, 0.25) is 0 Å². The van der Waals surface area contributed by atoms with Crippen LogP contribution in [0.25, 0.3) is 0 Å². The molecule has 1 aromatic carbocycles. The highest BCUT2D eigenvalue weighted by Gasteiger charge is 2.30. The Labute approximate surface area is 163 Å². The van der Waals surface area contributed by atoms with Gasteiger partial charge >= 0.3 is 6.18 Å². The van der Waals surface area contributed by atoms with E-state index in [1.54, 1.807) is 0 Å². The number of alkyl halides is 3. The molecule has 1 aliphatic rings. The number of hydrogen-bond donors (Lipinski definition) is 2. The average molecular weight is 414 g/mol. The quantitative estimate of drug-likeness (QED) is 0.537. The molecule has 1 aromatic rings. The lowest BCUT2D eigenvalue weighted by Crippen LogP contribution is -2.51. The minimum absolute atomic E-state index is 0. The van der Waals surface area contributed by atoms with E-state index in [0.717, 1.165) is 31.4 Å². The zero-order valence-electron chi connectivity index (χ0n) is 14.5. The molecule has 0 saturated carbocycles. The highest BCUT2D eigenvalue weighted by molar-refractivity contribution is 5.94. The smallest absolute Gasteiger partial charge is 0.369 e. The molecule has 148 valence electrons. The van der Waals surface area contributed by atoms with Gasteiger partial charge in [-0.1, -0.05) is 0 Å². The first-order valence-electron chi connectivity index (χ1n) is 7.82. The monoisotopic (exact) mass is 413 g/mol. The number of likely N-dealkylation sites (tertiary alicyclic amines) is 1. The highest BCUT2D eigenvalue weighted by atomic mass is 35.5. The standard InChI is InChI=1S/C16H22F3N5.2ClH/c1-10-4-3-5-11(2)24(10)15(21)23-14(20)22-13-8-6-12(7-9-13)16(17,18)19;;/h6-11H,3-5H2,1-2H3,(H4,20,21,22,23);2*1H. The summed E-state index contributed by atoms with van der Waals surface area (Å²) in [4.78, 5) is 10.1. The normalized spacial score (nSPS) is 21.7. The number of hydrogen-bond acceptors (Lipinski definition) is 1. The topological polar surface area (TPSA) is 80.0 Å². The number of piperidine rings is 1. The molecular weight excluding hydrogens is 390 g/mol. The van der Waals surface area contributed by atoms with E-state index in [2.05, 4.69) is 23.8 Å². The van der Waals surface area contributed by atoms with Crippen LogP contribution in [0.4, 0.5) is 18.9 Å². The van der Waals surface area contributed by atoms with Gasteiger partial charge in [-0.05, 0) is 57.4 Å². The zero-order chi connectivity index (χ0) is 17.9. The summed E-state index contributed by atoms with van der Waals surface area (Å²) >= 11 is 0. The molecule has 0 aromatic heterocycles. The van der Waals surface area contributed by atoms with Crippen LogP contribution in [-0.4, -0.2) is 28.9 Å². The molecule has 1 fully saturated rings. The van der Waals surface area contributed by atoms with Crippen LogP contribution in [0.5, 0.6) is 0 Å². The zero-order valence-corrected chi connectivity index (χ0v) is 16.2. The molecule has 1 aliphatic heterocycles. The SMILES string of the molecule is CC1CCCC(C)N1/C(N)=N/C(N)=Nc1ccc(C(F)(F)F)cc1.Cl.Cl. The van der Waals surface area contributed by atoms with E-state index in [9.17, 15) is 13.2 Å². The molecule has 2 unspecified atom stereocenters. The fourth-order valence-corrected chi connectivity index (χ4v) is 2.93. The molecule has 5 nitrogen and oxygen atoms in total. The Bertz CT molecular complexity index is 622. The van der Waals surface area contributed by atoms with Crippen LogP contribution in [0, 0.1) is 0 Å². The van der Waals surface area contributed by atoms with Gasteiger partial charge in [0.2, 0.25) is 5.96 Å². The first-order valence-corrected chi connectivity index (χ1v) is 7.82. The van der Waals surface area contributed by atoms with E-state index in [-0.39, 0.29) is 54.5 Å². The molecule has 0 aliphatic carbocycles. The summed E-state index contributed by atoms with van der Waals surface area (Å²) in [6.07, 6.45) is -1.19. The molecule has 2 rings (SSSR count). The Hall–Kier alpha value is -1.67. The van der Waals surface area contributed by atoms with Gasteiger partial charge in [0.1, 0.15) is 0 Å². The molecule has 0 radical (unpaired) electrons. The van der Waals surface area contributed by atoms with E-state index in [1.165, 1.54) is 12.1 Å². The molecule has 0 bridgehead atoms. The van der Waals surface area contributed by atoms with Crippen LogP contribution in [-0.2, 0) is 6.18 Å². The van der Waals surface area contributed by atoms with Crippen LogP contribution in [0.15, 0.2) is 34.3 Å². The van der Waals surface area contributed by atoms with Gasteiger partial charge in [-0.3, -0.25) is 0 Å². The molecule has 2 atom stereocenters. The second-order valence-corrected chi connectivity index (χ2v) is 6.02. The van der Waals surface area contributed by atoms with Crippen molar-refractivity contribution in [2.24, 2.45) is 21.5 Å². The molecule has 0 spiro atoms. The Kier molecular flexibility index (Phi) is 9.24. The van der Waals surface area contributed by atoms with Gasteiger partial charge in [0.15, 0.2) is 5.96 Å². The molecule has 26 heavy (non-hydrogen) atoms. The number of rotatable bonds is 1. The maximum absolute atomic E-state index is 12.5. The summed E-state index contributed by atoms with van der Waals surface area (Å²) in [6, 6.07) is 4.91. The van der Waals surface area contributed by atoms with Crippen molar-refractivity contribution in [1.82, 2.24) is 4.90 Å². The average Bonchev–Trinajstić information content (AvgIpc) is 2.46. The number of aliphatic imine (C=N–C) groups is 2. The minimum Gasteiger partial charge on any atom is -0.369 e. The molecule has 0 amide bonds. The van der Waals surface area contributed by atoms with Crippen LogP contribution >= 0.6 is 24.8 Å². The van der Waals surface area contributed by atoms with E-state index in [0.29, 0.717) is 0 Å². The Morgan fingerprint density at radius 1 is 1.04 bits per heavy atom. The van der Waals surface area contributed by atoms with Gasteiger partial charge in [-0.2, -0.15) is 18.2 Å². The molecule has 1 heterocycles. The third-order valence-corrected chi connectivity index (χ3v) is 4.13. The van der Waals surface area contributed by atoms with Gasteiger partial charge in [-0.15, -0.1) is 24.8 Å². The summed E-state index contributed by atoms with van der Waals surface area (Å²) in [7, 11) is 0. The second-order valence-electron chi connectivity index (χ2n) is 6.02. The van der Waals surface area contributed by atoms with Crippen molar-refractivity contribution in [2.45, 2.75) is 51.4 Å². The molecule has 4 N–H and O–H groups in total.